The number of aliphatic imine (C=N–C) groups is 1. The normalized spacial score (nSPS) is 15.5. The van der Waals surface area contributed by atoms with Gasteiger partial charge in [-0.1, -0.05) is 6.42 Å². The monoisotopic (exact) mass is 513 g/mol. The number of ether oxygens (including phenoxy) is 1. The highest BCUT2D eigenvalue weighted by molar-refractivity contribution is 7.13. The number of amidine groups is 1. The topological polar surface area (TPSA) is 119 Å². The summed E-state index contributed by atoms with van der Waals surface area (Å²) in [6.07, 6.45) is 6.63. The van der Waals surface area contributed by atoms with Crippen molar-refractivity contribution in [3.63, 3.8) is 0 Å². The standard InChI is InChI=1S/C16H15N3O5S.C9H16N2/c1-9-5-14(20)19(16(23)18(9)2)10-3-4-13-11(6-10)12(17-25-13)7-24-8-15(21)22;1-2-5-9-10-6-4-8-11(9)7-3-1/h3-6H,7-8H2,1-2H3,(H,21,22);1-8H2. The van der Waals surface area contributed by atoms with Gasteiger partial charge in [-0.25, -0.2) is 14.2 Å². The van der Waals surface area contributed by atoms with Crippen LogP contribution in [-0.4, -0.2) is 61.6 Å². The summed E-state index contributed by atoms with van der Waals surface area (Å²) in [5.74, 6) is 0.337. The van der Waals surface area contributed by atoms with Crippen molar-refractivity contribution in [3.05, 3.63) is 56.5 Å². The zero-order chi connectivity index (χ0) is 25.7. The third-order valence-electron chi connectivity index (χ3n) is 6.38. The van der Waals surface area contributed by atoms with Crippen molar-refractivity contribution >= 4 is 33.4 Å². The first kappa shape index (κ1) is 25.8. The lowest BCUT2D eigenvalue weighted by Gasteiger charge is -2.27. The van der Waals surface area contributed by atoms with E-state index in [1.807, 2.05) is 0 Å². The summed E-state index contributed by atoms with van der Waals surface area (Å²) >= 11 is 1.24. The predicted octanol–water partition coefficient (Wildman–Crippen LogP) is 2.72. The first-order chi connectivity index (χ1) is 17.3. The molecule has 10 nitrogen and oxygen atoms in total. The summed E-state index contributed by atoms with van der Waals surface area (Å²) in [6, 6.07) is 6.54. The van der Waals surface area contributed by atoms with Crippen LogP contribution >= 0.6 is 11.5 Å². The van der Waals surface area contributed by atoms with Crippen molar-refractivity contribution in [1.29, 1.82) is 0 Å². The second-order valence-corrected chi connectivity index (χ2v) is 9.75. The molecule has 0 saturated carbocycles. The average Bonchev–Trinajstić information content (AvgIpc) is 3.10. The molecule has 0 unspecified atom stereocenters. The second-order valence-electron chi connectivity index (χ2n) is 8.95. The number of carboxylic acids is 1. The molecule has 3 aromatic rings. The number of hydrogen-bond acceptors (Lipinski definition) is 8. The van der Waals surface area contributed by atoms with Gasteiger partial charge in [-0.3, -0.25) is 9.79 Å². The van der Waals surface area contributed by atoms with E-state index in [1.54, 1.807) is 32.2 Å². The van der Waals surface area contributed by atoms with E-state index in [4.69, 9.17) is 9.84 Å². The molecule has 5 rings (SSSR count). The summed E-state index contributed by atoms with van der Waals surface area (Å²) in [7, 11) is 1.60. The van der Waals surface area contributed by atoms with Crippen molar-refractivity contribution in [2.75, 3.05) is 26.2 Å². The van der Waals surface area contributed by atoms with Gasteiger partial charge in [-0.05, 0) is 55.9 Å². The van der Waals surface area contributed by atoms with Gasteiger partial charge in [-0.2, -0.15) is 4.37 Å². The van der Waals surface area contributed by atoms with Crippen LogP contribution in [0.2, 0.25) is 0 Å². The highest BCUT2D eigenvalue weighted by Crippen LogP contribution is 2.25. The largest absolute Gasteiger partial charge is 0.480 e. The molecule has 0 radical (unpaired) electrons. The summed E-state index contributed by atoms with van der Waals surface area (Å²) in [5, 5.41) is 9.36. The number of fused-ring (bicyclic) bond motifs is 2. The Kier molecular flexibility index (Phi) is 8.32. The minimum absolute atomic E-state index is 0.0383. The molecule has 2 aliphatic heterocycles. The van der Waals surface area contributed by atoms with Crippen LogP contribution < -0.4 is 11.2 Å². The number of aryl methyl sites for hydroxylation is 1. The fourth-order valence-corrected chi connectivity index (χ4v) is 5.13. The van der Waals surface area contributed by atoms with E-state index in [-0.39, 0.29) is 6.61 Å². The van der Waals surface area contributed by atoms with Gasteiger partial charge in [0.15, 0.2) is 0 Å². The minimum Gasteiger partial charge on any atom is -0.480 e. The van der Waals surface area contributed by atoms with Crippen molar-refractivity contribution in [1.82, 2.24) is 18.4 Å². The molecule has 4 heterocycles. The fraction of sp³-hybridized carbons (Fsp3) is 0.480. The molecule has 0 amide bonds. The Hall–Kier alpha value is -3.31. The molecule has 2 aliphatic rings. The summed E-state index contributed by atoms with van der Waals surface area (Å²) in [6.45, 7) is 4.91. The number of hydrogen-bond donors (Lipinski definition) is 1. The van der Waals surface area contributed by atoms with E-state index in [0.717, 1.165) is 21.2 Å². The van der Waals surface area contributed by atoms with Crippen molar-refractivity contribution in [3.8, 4) is 5.69 Å². The molecule has 0 bridgehead atoms. The van der Waals surface area contributed by atoms with Crippen LogP contribution in [-0.2, 0) is 23.2 Å². The molecule has 192 valence electrons. The molecular weight excluding hydrogens is 482 g/mol. The predicted molar refractivity (Wildman–Crippen MR) is 139 cm³/mol. The number of aromatic nitrogens is 3. The number of nitrogens with zero attached hydrogens (tertiary/aromatic N) is 5. The maximum atomic E-state index is 12.4. The van der Waals surface area contributed by atoms with E-state index in [0.29, 0.717) is 17.1 Å². The number of benzene rings is 1. The molecule has 1 saturated heterocycles. The second kappa shape index (κ2) is 11.6. The Bertz CT molecular complexity index is 1390. The van der Waals surface area contributed by atoms with Crippen molar-refractivity contribution in [2.24, 2.45) is 12.0 Å². The molecule has 0 spiro atoms. The lowest BCUT2D eigenvalue weighted by Crippen LogP contribution is -2.38. The Morgan fingerprint density at radius 1 is 1.14 bits per heavy atom. The van der Waals surface area contributed by atoms with Gasteiger partial charge in [0.1, 0.15) is 6.61 Å². The van der Waals surface area contributed by atoms with Gasteiger partial charge in [0.25, 0.3) is 5.56 Å². The Labute approximate surface area is 212 Å². The average molecular weight is 514 g/mol. The SMILES string of the molecule is C1CCC2=NCCCN2CC1.Cc1cc(=O)n(-c2ccc3snc(COCC(=O)O)c3c2)c(=O)n1C. The van der Waals surface area contributed by atoms with Crippen molar-refractivity contribution in [2.45, 2.75) is 45.6 Å². The van der Waals surface area contributed by atoms with E-state index >= 15 is 0 Å². The lowest BCUT2D eigenvalue weighted by atomic mass is 10.2. The lowest BCUT2D eigenvalue weighted by molar-refractivity contribution is -0.142. The first-order valence-corrected chi connectivity index (χ1v) is 12.9. The third kappa shape index (κ3) is 5.90. The maximum Gasteiger partial charge on any atom is 0.335 e. The first-order valence-electron chi connectivity index (χ1n) is 12.1. The maximum absolute atomic E-state index is 12.4. The number of carboxylic acid groups (broad SMARTS) is 1. The molecule has 2 aromatic heterocycles. The minimum atomic E-state index is -1.06. The molecular formula is C25H31N5O5S. The summed E-state index contributed by atoms with van der Waals surface area (Å²) in [5.41, 5.74) is 0.730. The quantitative estimate of drug-likeness (QED) is 0.557. The zero-order valence-corrected chi connectivity index (χ0v) is 21.4. The van der Waals surface area contributed by atoms with Crippen LogP contribution in [0.5, 0.6) is 0 Å². The Morgan fingerprint density at radius 3 is 2.75 bits per heavy atom. The Balaban J connectivity index is 0.000000229. The number of carbonyl (C=O) groups is 1. The van der Waals surface area contributed by atoms with Gasteiger partial charge < -0.3 is 19.3 Å². The third-order valence-corrected chi connectivity index (χ3v) is 7.25. The van der Waals surface area contributed by atoms with E-state index in [2.05, 4.69) is 14.3 Å². The molecule has 36 heavy (non-hydrogen) atoms. The molecule has 1 N–H and O–H groups in total. The van der Waals surface area contributed by atoms with E-state index in [9.17, 15) is 14.4 Å². The van der Waals surface area contributed by atoms with Crippen LogP contribution in [0, 0.1) is 6.92 Å². The molecule has 0 aliphatic carbocycles. The van der Waals surface area contributed by atoms with E-state index < -0.39 is 23.8 Å². The molecule has 1 aromatic carbocycles. The van der Waals surface area contributed by atoms with Crippen LogP contribution in [0.15, 0.2) is 38.8 Å². The highest BCUT2D eigenvalue weighted by atomic mass is 32.1. The van der Waals surface area contributed by atoms with Gasteiger partial charge in [0.05, 0.1) is 28.5 Å². The van der Waals surface area contributed by atoms with Crippen LogP contribution in [0.3, 0.4) is 0 Å². The van der Waals surface area contributed by atoms with Crippen LogP contribution in [0.25, 0.3) is 15.8 Å². The summed E-state index contributed by atoms with van der Waals surface area (Å²) in [4.78, 5) is 42.3. The number of rotatable bonds is 5. The molecule has 1 fully saturated rings. The highest BCUT2D eigenvalue weighted by Gasteiger charge is 2.16. The van der Waals surface area contributed by atoms with Crippen LogP contribution in [0.4, 0.5) is 0 Å². The zero-order valence-electron chi connectivity index (χ0n) is 20.6. The van der Waals surface area contributed by atoms with Gasteiger partial charge in [0.2, 0.25) is 0 Å². The van der Waals surface area contributed by atoms with Gasteiger partial charge in [0, 0.05) is 50.2 Å². The van der Waals surface area contributed by atoms with Crippen molar-refractivity contribution < 1.29 is 14.6 Å². The van der Waals surface area contributed by atoms with Crippen LogP contribution in [0.1, 0.15) is 43.5 Å². The fourth-order valence-electron chi connectivity index (χ4n) is 4.37. The molecule has 11 heteroatoms. The summed E-state index contributed by atoms with van der Waals surface area (Å²) < 4.78 is 12.7. The number of aliphatic carboxylic acids is 1. The smallest absolute Gasteiger partial charge is 0.335 e. The molecule has 0 atom stereocenters. The van der Waals surface area contributed by atoms with E-state index in [1.165, 1.54) is 73.2 Å². The Morgan fingerprint density at radius 2 is 1.94 bits per heavy atom. The van der Waals surface area contributed by atoms with Gasteiger partial charge in [-0.15, -0.1) is 0 Å². The van der Waals surface area contributed by atoms with Gasteiger partial charge >= 0.3 is 11.7 Å².